The predicted octanol–water partition coefficient (Wildman–Crippen LogP) is 5.56. The summed E-state index contributed by atoms with van der Waals surface area (Å²) in [4.78, 5) is 8.30. The van der Waals surface area contributed by atoms with Crippen molar-refractivity contribution in [3.63, 3.8) is 0 Å². The summed E-state index contributed by atoms with van der Waals surface area (Å²) in [6, 6.07) is 11.3. The average Bonchev–Trinajstić information content (AvgIpc) is 3.41. The fourth-order valence-corrected chi connectivity index (χ4v) is 4.44. The van der Waals surface area contributed by atoms with Crippen LogP contribution in [-0.2, 0) is 19.4 Å². The minimum atomic E-state index is 0.840. The zero-order valence-electron chi connectivity index (χ0n) is 18.5. The number of imidazole rings is 1. The first-order chi connectivity index (χ1) is 15.2. The summed E-state index contributed by atoms with van der Waals surface area (Å²) in [7, 11) is 0. The van der Waals surface area contributed by atoms with Gasteiger partial charge in [0.25, 0.3) is 0 Å². The maximum Gasteiger partial charge on any atom is 0.159 e. The van der Waals surface area contributed by atoms with E-state index in [1.54, 1.807) is 0 Å². The summed E-state index contributed by atoms with van der Waals surface area (Å²) in [6.45, 7) is 8.47. The molecule has 31 heavy (non-hydrogen) atoms. The van der Waals surface area contributed by atoms with Crippen LogP contribution in [-0.4, -0.2) is 26.7 Å². The van der Waals surface area contributed by atoms with Crippen molar-refractivity contribution in [3.8, 4) is 22.6 Å². The smallest absolute Gasteiger partial charge is 0.159 e. The Labute approximate surface area is 183 Å². The van der Waals surface area contributed by atoms with Crippen LogP contribution in [0.25, 0.3) is 39.6 Å². The van der Waals surface area contributed by atoms with Crippen molar-refractivity contribution >= 4 is 17.0 Å². The van der Waals surface area contributed by atoms with Crippen LogP contribution < -0.4 is 5.32 Å². The van der Waals surface area contributed by atoms with Gasteiger partial charge >= 0.3 is 0 Å². The molecule has 2 heterocycles. The first-order valence-corrected chi connectivity index (χ1v) is 11.2. The van der Waals surface area contributed by atoms with Gasteiger partial charge in [-0.1, -0.05) is 38.1 Å². The maximum atomic E-state index is 4.81. The highest BCUT2D eigenvalue weighted by Crippen LogP contribution is 2.33. The van der Waals surface area contributed by atoms with E-state index in [0.717, 1.165) is 60.5 Å². The molecule has 5 rings (SSSR count). The number of hydrogen-bond donors (Lipinski definition) is 3. The second kappa shape index (κ2) is 8.16. The van der Waals surface area contributed by atoms with Gasteiger partial charge in [0, 0.05) is 17.6 Å². The Balaban J connectivity index is 1.61. The molecule has 1 aliphatic rings. The van der Waals surface area contributed by atoms with Crippen molar-refractivity contribution in [2.75, 3.05) is 6.54 Å². The van der Waals surface area contributed by atoms with Gasteiger partial charge in [-0.25, -0.2) is 4.98 Å². The average molecular weight is 412 g/mol. The van der Waals surface area contributed by atoms with Gasteiger partial charge in [-0.15, -0.1) is 0 Å². The molecular weight excluding hydrogens is 382 g/mol. The predicted molar refractivity (Wildman–Crippen MR) is 128 cm³/mol. The number of aryl methyl sites for hydroxylation is 2. The number of aromatic nitrogens is 4. The van der Waals surface area contributed by atoms with Gasteiger partial charge < -0.3 is 10.3 Å². The molecule has 0 fully saturated rings. The van der Waals surface area contributed by atoms with Gasteiger partial charge in [0.15, 0.2) is 5.82 Å². The number of nitrogens with zero attached hydrogens (tertiary/aromatic N) is 2. The van der Waals surface area contributed by atoms with Crippen molar-refractivity contribution in [1.29, 1.82) is 0 Å². The first kappa shape index (κ1) is 19.8. The number of fused-ring (bicyclic) bond motifs is 2. The van der Waals surface area contributed by atoms with Crippen LogP contribution in [0.4, 0.5) is 0 Å². The van der Waals surface area contributed by atoms with E-state index < -0.39 is 0 Å². The number of benzene rings is 2. The number of nitrogens with one attached hydrogen (secondary N) is 3. The number of aromatic amines is 2. The van der Waals surface area contributed by atoms with E-state index in [0.29, 0.717) is 0 Å². The normalized spacial score (nSPS) is 13.1. The maximum absolute atomic E-state index is 4.81. The van der Waals surface area contributed by atoms with Crippen LogP contribution in [0.3, 0.4) is 0 Å². The van der Waals surface area contributed by atoms with Crippen LogP contribution in [0, 0.1) is 6.92 Å². The van der Waals surface area contributed by atoms with Gasteiger partial charge in [-0.2, -0.15) is 5.10 Å². The lowest BCUT2D eigenvalue weighted by molar-refractivity contribution is 0.723. The Morgan fingerprint density at radius 2 is 2.03 bits per heavy atom. The second-order valence-corrected chi connectivity index (χ2v) is 8.28. The summed E-state index contributed by atoms with van der Waals surface area (Å²) >= 11 is 0. The zero-order valence-corrected chi connectivity index (χ0v) is 18.5. The molecule has 5 heteroatoms. The largest absolute Gasteiger partial charge is 0.340 e. The molecule has 1 aliphatic carbocycles. The van der Waals surface area contributed by atoms with E-state index in [4.69, 9.17) is 4.98 Å². The van der Waals surface area contributed by atoms with Crippen LogP contribution in [0.15, 0.2) is 36.4 Å². The SMILES string of the molecule is CCNCc1cc(CC)cc(-c2ccc3[nH]nc(-c4nc5c([nH]4)CCC=C5)c3c2)c1C. The lowest BCUT2D eigenvalue weighted by Crippen LogP contribution is -2.13. The van der Waals surface area contributed by atoms with Crippen LogP contribution >= 0.6 is 0 Å². The van der Waals surface area contributed by atoms with Crippen molar-refractivity contribution in [1.82, 2.24) is 25.5 Å². The molecule has 0 saturated carbocycles. The Bertz CT molecular complexity index is 1270. The van der Waals surface area contributed by atoms with E-state index in [1.807, 2.05) is 0 Å². The quantitative estimate of drug-likeness (QED) is 0.389. The fraction of sp³-hybridized carbons (Fsp3) is 0.308. The van der Waals surface area contributed by atoms with E-state index in [1.165, 1.54) is 33.5 Å². The minimum absolute atomic E-state index is 0.840. The van der Waals surface area contributed by atoms with Crippen molar-refractivity contribution < 1.29 is 0 Å². The fourth-order valence-electron chi connectivity index (χ4n) is 4.44. The molecule has 0 atom stereocenters. The lowest BCUT2D eigenvalue weighted by Gasteiger charge is -2.15. The Morgan fingerprint density at radius 3 is 2.84 bits per heavy atom. The highest BCUT2D eigenvalue weighted by atomic mass is 15.1. The number of H-pyrrole nitrogens is 2. The Kier molecular flexibility index (Phi) is 5.20. The lowest BCUT2D eigenvalue weighted by atomic mass is 9.92. The van der Waals surface area contributed by atoms with Gasteiger partial charge in [-0.05, 0) is 78.8 Å². The van der Waals surface area contributed by atoms with Crippen LogP contribution in [0.5, 0.6) is 0 Å². The highest BCUT2D eigenvalue weighted by molar-refractivity contribution is 5.94. The number of hydrogen-bond acceptors (Lipinski definition) is 3. The molecule has 5 nitrogen and oxygen atoms in total. The van der Waals surface area contributed by atoms with E-state index in [9.17, 15) is 0 Å². The second-order valence-electron chi connectivity index (χ2n) is 8.28. The third-order valence-electron chi connectivity index (χ3n) is 6.29. The Morgan fingerprint density at radius 1 is 1.13 bits per heavy atom. The summed E-state index contributed by atoms with van der Waals surface area (Å²) in [6.07, 6.45) is 7.37. The summed E-state index contributed by atoms with van der Waals surface area (Å²) in [5.74, 6) is 0.840. The van der Waals surface area contributed by atoms with Crippen molar-refractivity contribution in [2.24, 2.45) is 0 Å². The molecule has 3 N–H and O–H groups in total. The summed E-state index contributed by atoms with van der Waals surface area (Å²) < 4.78 is 0. The molecule has 158 valence electrons. The van der Waals surface area contributed by atoms with E-state index >= 15 is 0 Å². The van der Waals surface area contributed by atoms with Crippen molar-refractivity contribution in [3.05, 3.63) is 64.5 Å². The molecular formula is C26H29N5. The number of allylic oxidation sites excluding steroid dienone is 1. The van der Waals surface area contributed by atoms with Crippen LogP contribution in [0.1, 0.15) is 48.3 Å². The topological polar surface area (TPSA) is 69.4 Å². The van der Waals surface area contributed by atoms with E-state index in [2.05, 4.69) is 83.8 Å². The summed E-state index contributed by atoms with van der Waals surface area (Å²) in [5, 5.41) is 12.4. The zero-order chi connectivity index (χ0) is 21.4. The molecule has 0 radical (unpaired) electrons. The van der Waals surface area contributed by atoms with Gasteiger partial charge in [0.2, 0.25) is 0 Å². The molecule has 0 amide bonds. The summed E-state index contributed by atoms with van der Waals surface area (Å²) in [5.41, 5.74) is 10.7. The minimum Gasteiger partial charge on any atom is -0.340 e. The van der Waals surface area contributed by atoms with Gasteiger partial charge in [-0.3, -0.25) is 5.10 Å². The number of rotatable bonds is 6. The Hall–Kier alpha value is -3.18. The third-order valence-corrected chi connectivity index (χ3v) is 6.29. The molecule has 0 bridgehead atoms. The molecule has 4 aromatic rings. The van der Waals surface area contributed by atoms with E-state index in [-0.39, 0.29) is 0 Å². The molecule has 2 aromatic heterocycles. The molecule has 0 unspecified atom stereocenters. The van der Waals surface area contributed by atoms with Crippen molar-refractivity contribution in [2.45, 2.75) is 46.6 Å². The molecule has 2 aromatic carbocycles. The van der Waals surface area contributed by atoms with Gasteiger partial charge in [0.05, 0.1) is 11.2 Å². The highest BCUT2D eigenvalue weighted by Gasteiger charge is 2.17. The standard InChI is InChI=1S/C26H29N5/c1-4-17-12-19(15-27-5-2)16(3)20(13-17)18-10-11-22-21(14-18)25(31-30-22)26-28-23-8-6-7-9-24(23)29-26/h6,8,10-14,27H,4-5,7,9,15H2,1-3H3,(H,28,29)(H,30,31). The first-order valence-electron chi connectivity index (χ1n) is 11.2. The monoisotopic (exact) mass is 411 g/mol. The molecule has 0 spiro atoms. The molecule has 0 aliphatic heterocycles. The van der Waals surface area contributed by atoms with Crippen LogP contribution in [0.2, 0.25) is 0 Å². The third kappa shape index (κ3) is 3.59. The van der Waals surface area contributed by atoms with Gasteiger partial charge in [0.1, 0.15) is 5.69 Å². The molecule has 0 saturated heterocycles.